The molecule has 0 saturated heterocycles. The molecule has 136 valence electrons. The van der Waals surface area contributed by atoms with Crippen LogP contribution in [0.3, 0.4) is 0 Å². The van der Waals surface area contributed by atoms with E-state index in [0.717, 1.165) is 31.2 Å². The van der Waals surface area contributed by atoms with E-state index in [2.05, 4.69) is 20.8 Å². The molecule has 2 rings (SSSR count). The first-order valence-corrected chi connectivity index (χ1v) is 9.53. The number of unbranched alkanes of at least 4 members (excludes halogenated alkanes) is 2. The third-order valence-electron chi connectivity index (χ3n) is 5.75. The average molecular weight is 336 g/mol. The number of benzene rings is 1. The molecule has 0 heterocycles. The summed E-state index contributed by atoms with van der Waals surface area (Å²) in [5.74, 6) is 0.829. The van der Waals surface area contributed by atoms with E-state index in [4.69, 9.17) is 0 Å². The third-order valence-corrected chi connectivity index (χ3v) is 5.75. The van der Waals surface area contributed by atoms with E-state index < -0.39 is 6.17 Å². The van der Waals surface area contributed by atoms with Gasteiger partial charge in [0.25, 0.3) is 0 Å². The molecule has 1 fully saturated rings. The van der Waals surface area contributed by atoms with Gasteiger partial charge in [0.1, 0.15) is 17.7 Å². The molecule has 3 heteroatoms. The zero-order valence-electron chi connectivity index (χ0n) is 15.6. The van der Waals surface area contributed by atoms with Gasteiger partial charge >= 0.3 is 0 Å². The Bertz CT molecular complexity index is 518. The van der Waals surface area contributed by atoms with Crippen LogP contribution in [0.2, 0.25) is 0 Å². The zero-order chi connectivity index (χ0) is 17.9. The van der Waals surface area contributed by atoms with Gasteiger partial charge in [0.05, 0.1) is 0 Å². The predicted molar refractivity (Wildman–Crippen MR) is 97.4 cm³/mol. The first-order valence-electron chi connectivity index (χ1n) is 9.53. The fourth-order valence-corrected chi connectivity index (χ4v) is 4.23. The van der Waals surface area contributed by atoms with E-state index in [1.165, 1.54) is 0 Å². The maximum Gasteiger partial charge on any atom is 0.123 e. The molecule has 0 aliphatic heterocycles. The van der Waals surface area contributed by atoms with Crippen molar-refractivity contribution in [2.75, 3.05) is 0 Å². The Balaban J connectivity index is 2.28. The lowest BCUT2D eigenvalue weighted by atomic mass is 9.66. The van der Waals surface area contributed by atoms with Gasteiger partial charge in [0.15, 0.2) is 0 Å². The summed E-state index contributed by atoms with van der Waals surface area (Å²) in [4.78, 5) is 0. The molecule has 0 aromatic heterocycles. The highest BCUT2D eigenvalue weighted by Gasteiger charge is 2.39. The second-order valence-electron chi connectivity index (χ2n) is 7.98. The predicted octanol–water partition coefficient (Wildman–Crippen LogP) is 5.95. The molecule has 1 aromatic carbocycles. The van der Waals surface area contributed by atoms with Crippen molar-refractivity contribution in [2.24, 2.45) is 17.8 Å². The molecule has 1 aliphatic rings. The number of halogens is 1. The van der Waals surface area contributed by atoms with Crippen molar-refractivity contribution in [3.05, 3.63) is 23.3 Å². The van der Waals surface area contributed by atoms with Gasteiger partial charge in [-0.05, 0) is 67.1 Å². The molecule has 1 aromatic rings. The minimum atomic E-state index is -0.786. The van der Waals surface area contributed by atoms with E-state index in [-0.39, 0.29) is 29.3 Å². The van der Waals surface area contributed by atoms with E-state index >= 15 is 0 Å². The van der Waals surface area contributed by atoms with Crippen molar-refractivity contribution < 1.29 is 14.6 Å². The van der Waals surface area contributed by atoms with E-state index in [0.29, 0.717) is 24.3 Å². The first-order chi connectivity index (χ1) is 11.3. The van der Waals surface area contributed by atoms with Crippen molar-refractivity contribution in [3.8, 4) is 11.5 Å². The van der Waals surface area contributed by atoms with Crippen LogP contribution >= 0.6 is 0 Å². The highest BCUT2D eigenvalue weighted by Crippen LogP contribution is 2.50. The lowest BCUT2D eigenvalue weighted by Gasteiger charge is -2.40. The summed E-state index contributed by atoms with van der Waals surface area (Å²) in [6, 6.07) is 3.60. The quantitative estimate of drug-likeness (QED) is 0.630. The van der Waals surface area contributed by atoms with Crippen LogP contribution in [0.5, 0.6) is 11.5 Å². The van der Waals surface area contributed by atoms with Crippen LogP contribution in [0.1, 0.15) is 76.8 Å². The number of phenols is 2. The van der Waals surface area contributed by atoms with Gasteiger partial charge in [0, 0.05) is 5.56 Å². The summed E-state index contributed by atoms with van der Waals surface area (Å²) < 4.78 is 14.2. The SMILES string of the molecule is CCCCCc1cc(O)c(C2CC(C)C(F)CC2C(C)C)c(O)c1. The van der Waals surface area contributed by atoms with Crippen LogP contribution in [-0.2, 0) is 6.42 Å². The molecular formula is C21H33FO2. The maximum atomic E-state index is 14.2. The van der Waals surface area contributed by atoms with E-state index in [1.807, 2.05) is 6.92 Å². The Morgan fingerprint density at radius 2 is 1.75 bits per heavy atom. The van der Waals surface area contributed by atoms with Crippen molar-refractivity contribution in [3.63, 3.8) is 0 Å². The number of hydrogen-bond donors (Lipinski definition) is 2. The smallest absolute Gasteiger partial charge is 0.123 e. The summed E-state index contributed by atoms with van der Waals surface area (Å²) in [6.07, 6.45) is 4.64. The normalized spacial score (nSPS) is 27.6. The number of alkyl halides is 1. The highest BCUT2D eigenvalue weighted by atomic mass is 19.1. The largest absolute Gasteiger partial charge is 0.508 e. The van der Waals surface area contributed by atoms with Gasteiger partial charge in [-0.25, -0.2) is 4.39 Å². The molecular weight excluding hydrogens is 303 g/mol. The minimum Gasteiger partial charge on any atom is -0.508 e. The number of phenolic OH excluding ortho intramolecular Hbond substituents is 2. The lowest BCUT2D eigenvalue weighted by molar-refractivity contribution is 0.0926. The van der Waals surface area contributed by atoms with Crippen LogP contribution in [-0.4, -0.2) is 16.4 Å². The summed E-state index contributed by atoms with van der Waals surface area (Å²) >= 11 is 0. The van der Waals surface area contributed by atoms with Crippen LogP contribution in [0.15, 0.2) is 12.1 Å². The topological polar surface area (TPSA) is 40.5 Å². The molecule has 24 heavy (non-hydrogen) atoms. The Morgan fingerprint density at radius 1 is 1.12 bits per heavy atom. The molecule has 0 radical (unpaired) electrons. The fourth-order valence-electron chi connectivity index (χ4n) is 4.23. The van der Waals surface area contributed by atoms with Crippen LogP contribution in [0, 0.1) is 17.8 Å². The maximum absolute atomic E-state index is 14.2. The van der Waals surface area contributed by atoms with Gasteiger partial charge in [-0.2, -0.15) is 0 Å². The fraction of sp³-hybridized carbons (Fsp3) is 0.714. The Morgan fingerprint density at radius 3 is 2.29 bits per heavy atom. The van der Waals surface area contributed by atoms with Gasteiger partial charge < -0.3 is 10.2 Å². The number of aryl methyl sites for hydroxylation is 1. The number of aromatic hydroxyl groups is 2. The second kappa shape index (κ2) is 8.22. The standard InChI is InChI=1S/C21H33FO2/c1-5-6-7-8-15-10-19(23)21(20(24)11-15)17-9-14(4)18(22)12-16(17)13(2)3/h10-11,13-14,16-18,23-24H,5-9,12H2,1-4H3. The molecule has 2 nitrogen and oxygen atoms in total. The van der Waals surface area contributed by atoms with Crippen LogP contribution in [0.4, 0.5) is 4.39 Å². The van der Waals surface area contributed by atoms with E-state index in [9.17, 15) is 14.6 Å². The Labute approximate surface area is 146 Å². The average Bonchev–Trinajstić information content (AvgIpc) is 2.50. The molecule has 1 saturated carbocycles. The minimum absolute atomic E-state index is 0.0247. The molecule has 4 unspecified atom stereocenters. The molecule has 4 atom stereocenters. The molecule has 0 spiro atoms. The lowest BCUT2D eigenvalue weighted by Crippen LogP contribution is -2.33. The summed E-state index contributed by atoms with van der Waals surface area (Å²) in [5.41, 5.74) is 1.61. The van der Waals surface area contributed by atoms with Crippen molar-refractivity contribution in [2.45, 2.75) is 78.3 Å². The van der Waals surface area contributed by atoms with Gasteiger partial charge in [0.2, 0.25) is 0 Å². The van der Waals surface area contributed by atoms with Crippen molar-refractivity contribution in [1.29, 1.82) is 0 Å². The number of rotatable bonds is 6. The van der Waals surface area contributed by atoms with Crippen LogP contribution < -0.4 is 0 Å². The summed E-state index contributed by atoms with van der Waals surface area (Å²) in [7, 11) is 0. The Hall–Kier alpha value is -1.25. The van der Waals surface area contributed by atoms with Gasteiger partial charge in [-0.3, -0.25) is 0 Å². The van der Waals surface area contributed by atoms with Gasteiger partial charge in [-0.15, -0.1) is 0 Å². The first kappa shape index (κ1) is 19.1. The molecule has 0 bridgehead atoms. The van der Waals surface area contributed by atoms with Crippen LogP contribution in [0.25, 0.3) is 0 Å². The van der Waals surface area contributed by atoms with E-state index in [1.54, 1.807) is 12.1 Å². The van der Waals surface area contributed by atoms with Gasteiger partial charge in [-0.1, -0.05) is 40.5 Å². The van der Waals surface area contributed by atoms with Crippen molar-refractivity contribution in [1.82, 2.24) is 0 Å². The molecule has 1 aliphatic carbocycles. The molecule has 2 N–H and O–H groups in total. The Kier molecular flexibility index (Phi) is 6.54. The molecule has 0 amide bonds. The monoisotopic (exact) mass is 336 g/mol. The summed E-state index contributed by atoms with van der Waals surface area (Å²) in [6.45, 7) is 8.30. The zero-order valence-corrected chi connectivity index (χ0v) is 15.6. The number of hydrogen-bond acceptors (Lipinski definition) is 2. The summed E-state index contributed by atoms with van der Waals surface area (Å²) in [5, 5.41) is 21.2. The highest BCUT2D eigenvalue weighted by molar-refractivity contribution is 5.49. The second-order valence-corrected chi connectivity index (χ2v) is 7.98. The third kappa shape index (κ3) is 4.23. The van der Waals surface area contributed by atoms with Crippen molar-refractivity contribution >= 4 is 0 Å².